The Morgan fingerprint density at radius 2 is 2.24 bits per heavy atom. The lowest BCUT2D eigenvalue weighted by atomic mass is 9.94. The predicted octanol–water partition coefficient (Wildman–Crippen LogP) is 2.21. The summed E-state index contributed by atoms with van der Waals surface area (Å²) in [5.74, 6) is 2.51. The number of hydrogen-bond acceptors (Lipinski definition) is 5. The van der Waals surface area contributed by atoms with Crippen LogP contribution in [0.2, 0.25) is 0 Å². The summed E-state index contributed by atoms with van der Waals surface area (Å²) < 4.78 is 0. The van der Waals surface area contributed by atoms with Gasteiger partial charge in [0.1, 0.15) is 18.0 Å². The third-order valence-corrected chi connectivity index (χ3v) is 4.48. The third-order valence-electron chi connectivity index (χ3n) is 4.48. The Labute approximate surface area is 126 Å². The van der Waals surface area contributed by atoms with Crippen LogP contribution in [0.15, 0.2) is 24.5 Å². The normalized spacial score (nSPS) is 25.3. The zero-order chi connectivity index (χ0) is 14.5. The fourth-order valence-electron chi connectivity index (χ4n) is 3.22. The number of anilines is 2. The van der Waals surface area contributed by atoms with Crippen LogP contribution in [0.5, 0.6) is 0 Å². The first-order chi connectivity index (χ1) is 10.4. The molecule has 2 atom stereocenters. The van der Waals surface area contributed by atoms with Crippen molar-refractivity contribution in [2.45, 2.75) is 38.1 Å². The van der Waals surface area contributed by atoms with Crippen LogP contribution in [-0.4, -0.2) is 40.8 Å². The molecule has 1 saturated heterocycles. The van der Waals surface area contributed by atoms with Gasteiger partial charge in [0.15, 0.2) is 0 Å². The van der Waals surface area contributed by atoms with Gasteiger partial charge in [-0.15, -0.1) is 0 Å². The SMILES string of the molecule is OC[C@H]1CCCN1c1cc(NC[C@H]2CC=CCC2)ncn1. The number of aliphatic hydroxyl groups excluding tert-OH is 1. The van der Waals surface area contributed by atoms with Crippen LogP contribution in [0.3, 0.4) is 0 Å². The van der Waals surface area contributed by atoms with Crippen molar-refractivity contribution < 1.29 is 5.11 Å². The monoisotopic (exact) mass is 288 g/mol. The summed E-state index contributed by atoms with van der Waals surface area (Å²) in [7, 11) is 0. The van der Waals surface area contributed by atoms with E-state index in [4.69, 9.17) is 0 Å². The van der Waals surface area contributed by atoms with Crippen molar-refractivity contribution >= 4 is 11.6 Å². The highest BCUT2D eigenvalue weighted by molar-refractivity contribution is 5.49. The van der Waals surface area contributed by atoms with E-state index in [-0.39, 0.29) is 12.6 Å². The Morgan fingerprint density at radius 1 is 1.29 bits per heavy atom. The minimum atomic E-state index is 0.196. The summed E-state index contributed by atoms with van der Waals surface area (Å²) >= 11 is 0. The molecule has 2 N–H and O–H groups in total. The number of nitrogens with zero attached hydrogens (tertiary/aromatic N) is 3. The number of hydrogen-bond donors (Lipinski definition) is 2. The zero-order valence-corrected chi connectivity index (χ0v) is 12.4. The highest BCUT2D eigenvalue weighted by Gasteiger charge is 2.25. The van der Waals surface area contributed by atoms with Gasteiger partial charge in [0.25, 0.3) is 0 Å². The van der Waals surface area contributed by atoms with Gasteiger partial charge in [0.2, 0.25) is 0 Å². The van der Waals surface area contributed by atoms with Gasteiger partial charge >= 0.3 is 0 Å². The number of aliphatic hydroxyl groups is 1. The Morgan fingerprint density at radius 3 is 3.05 bits per heavy atom. The number of allylic oxidation sites excluding steroid dienone is 2. The van der Waals surface area contributed by atoms with Crippen LogP contribution in [0, 0.1) is 5.92 Å². The van der Waals surface area contributed by atoms with Gasteiger partial charge in [-0.2, -0.15) is 0 Å². The average molecular weight is 288 g/mol. The molecule has 0 amide bonds. The molecule has 0 spiro atoms. The second kappa shape index (κ2) is 6.89. The van der Waals surface area contributed by atoms with Crippen LogP contribution >= 0.6 is 0 Å². The van der Waals surface area contributed by atoms with Crippen LogP contribution in [0.25, 0.3) is 0 Å². The molecule has 0 saturated carbocycles. The fourth-order valence-corrected chi connectivity index (χ4v) is 3.22. The van der Waals surface area contributed by atoms with Crippen molar-refractivity contribution in [1.82, 2.24) is 9.97 Å². The molecule has 1 fully saturated rings. The number of nitrogens with one attached hydrogen (secondary N) is 1. The van der Waals surface area contributed by atoms with Gasteiger partial charge < -0.3 is 15.3 Å². The number of aromatic nitrogens is 2. The summed E-state index contributed by atoms with van der Waals surface area (Å²) in [5.41, 5.74) is 0. The summed E-state index contributed by atoms with van der Waals surface area (Å²) in [6, 6.07) is 2.21. The Hall–Kier alpha value is -1.62. The lowest BCUT2D eigenvalue weighted by molar-refractivity contribution is 0.266. The van der Waals surface area contributed by atoms with E-state index in [0.29, 0.717) is 5.92 Å². The van der Waals surface area contributed by atoms with Gasteiger partial charge in [0, 0.05) is 19.2 Å². The lowest BCUT2D eigenvalue weighted by Gasteiger charge is -2.24. The Kier molecular flexibility index (Phi) is 4.70. The van der Waals surface area contributed by atoms with Gasteiger partial charge in [-0.3, -0.25) is 0 Å². The maximum atomic E-state index is 9.43. The Bertz CT molecular complexity index is 491. The molecule has 5 nitrogen and oxygen atoms in total. The summed E-state index contributed by atoms with van der Waals surface area (Å²) in [6.07, 6.45) is 11.9. The molecule has 5 heteroatoms. The molecule has 0 bridgehead atoms. The molecular weight excluding hydrogens is 264 g/mol. The third kappa shape index (κ3) is 3.53. The summed E-state index contributed by atoms with van der Waals surface area (Å²) in [4.78, 5) is 10.9. The summed E-state index contributed by atoms with van der Waals surface area (Å²) in [6.45, 7) is 2.13. The topological polar surface area (TPSA) is 61.3 Å². The van der Waals surface area contributed by atoms with Crippen LogP contribution in [0.1, 0.15) is 32.1 Å². The molecule has 1 aliphatic heterocycles. The largest absolute Gasteiger partial charge is 0.394 e. The standard InChI is InChI=1S/C16H24N4O/c21-11-14-7-4-8-20(14)16-9-15(18-12-19-16)17-10-13-5-2-1-3-6-13/h1-2,9,12-14,21H,3-8,10-11H2,(H,17,18,19)/t13-,14+/m0/s1. The maximum absolute atomic E-state index is 9.43. The molecule has 2 heterocycles. The fraction of sp³-hybridized carbons (Fsp3) is 0.625. The second-order valence-electron chi connectivity index (χ2n) is 5.96. The van der Waals surface area contributed by atoms with Crippen molar-refractivity contribution in [2.75, 3.05) is 29.9 Å². The van der Waals surface area contributed by atoms with Gasteiger partial charge in [-0.1, -0.05) is 12.2 Å². The van der Waals surface area contributed by atoms with Crippen molar-refractivity contribution in [2.24, 2.45) is 5.92 Å². The molecular formula is C16H24N4O. The van der Waals surface area contributed by atoms with E-state index in [9.17, 15) is 5.11 Å². The zero-order valence-electron chi connectivity index (χ0n) is 12.4. The Balaban J connectivity index is 1.61. The van der Waals surface area contributed by atoms with E-state index in [2.05, 4.69) is 32.3 Å². The van der Waals surface area contributed by atoms with Crippen LogP contribution < -0.4 is 10.2 Å². The van der Waals surface area contributed by atoms with Gasteiger partial charge in [-0.25, -0.2) is 9.97 Å². The quantitative estimate of drug-likeness (QED) is 0.813. The molecule has 0 aromatic carbocycles. The van der Waals surface area contributed by atoms with Crippen molar-refractivity contribution in [3.05, 3.63) is 24.5 Å². The van der Waals surface area contributed by atoms with Gasteiger partial charge in [-0.05, 0) is 38.0 Å². The molecule has 1 aliphatic carbocycles. The molecule has 1 aromatic rings. The van der Waals surface area contributed by atoms with Crippen molar-refractivity contribution in [3.63, 3.8) is 0 Å². The van der Waals surface area contributed by atoms with E-state index < -0.39 is 0 Å². The van der Waals surface area contributed by atoms with E-state index in [1.807, 2.05) is 6.07 Å². The average Bonchev–Trinajstić information content (AvgIpc) is 3.03. The van der Waals surface area contributed by atoms with Crippen molar-refractivity contribution in [1.29, 1.82) is 0 Å². The van der Waals surface area contributed by atoms with E-state index in [1.54, 1.807) is 6.33 Å². The first kappa shape index (κ1) is 14.3. The van der Waals surface area contributed by atoms with Crippen molar-refractivity contribution in [3.8, 4) is 0 Å². The molecule has 2 aliphatic rings. The van der Waals surface area contributed by atoms with E-state index in [0.717, 1.165) is 44.0 Å². The first-order valence-corrected chi connectivity index (χ1v) is 7.95. The molecule has 0 radical (unpaired) electrons. The molecule has 3 rings (SSSR count). The second-order valence-corrected chi connectivity index (χ2v) is 5.96. The lowest BCUT2D eigenvalue weighted by Crippen LogP contribution is -2.32. The first-order valence-electron chi connectivity index (χ1n) is 7.95. The molecule has 1 aromatic heterocycles. The highest BCUT2D eigenvalue weighted by atomic mass is 16.3. The predicted molar refractivity (Wildman–Crippen MR) is 84.5 cm³/mol. The smallest absolute Gasteiger partial charge is 0.134 e. The molecule has 114 valence electrons. The number of rotatable bonds is 5. The van der Waals surface area contributed by atoms with Gasteiger partial charge in [0.05, 0.1) is 12.6 Å². The minimum Gasteiger partial charge on any atom is -0.394 e. The van der Waals surface area contributed by atoms with E-state index >= 15 is 0 Å². The summed E-state index contributed by atoms with van der Waals surface area (Å²) in [5, 5.41) is 12.9. The molecule has 21 heavy (non-hydrogen) atoms. The minimum absolute atomic E-state index is 0.196. The highest BCUT2D eigenvalue weighted by Crippen LogP contribution is 2.25. The van der Waals surface area contributed by atoms with Crippen LogP contribution in [-0.2, 0) is 0 Å². The maximum Gasteiger partial charge on any atom is 0.134 e. The molecule has 0 unspecified atom stereocenters. The van der Waals surface area contributed by atoms with Crippen LogP contribution in [0.4, 0.5) is 11.6 Å². The van der Waals surface area contributed by atoms with E-state index in [1.165, 1.54) is 12.8 Å².